The van der Waals surface area contributed by atoms with Gasteiger partial charge >= 0.3 is 0 Å². The van der Waals surface area contributed by atoms with Gasteiger partial charge in [0.15, 0.2) is 10.8 Å². The van der Waals surface area contributed by atoms with Crippen LogP contribution < -0.4 is 15.8 Å². The van der Waals surface area contributed by atoms with E-state index in [1.807, 2.05) is 25.1 Å². The van der Waals surface area contributed by atoms with Crippen LogP contribution in [0.25, 0.3) is 10.3 Å². The topological polar surface area (TPSA) is 80.1 Å². The van der Waals surface area contributed by atoms with Crippen LogP contribution in [0.1, 0.15) is 36.8 Å². The third kappa shape index (κ3) is 3.96. The van der Waals surface area contributed by atoms with E-state index in [-0.39, 0.29) is 17.4 Å². The fraction of sp³-hybridized carbons (Fsp3) is 0.455. The van der Waals surface area contributed by atoms with Crippen molar-refractivity contribution in [2.45, 2.75) is 45.2 Å². The normalized spacial score (nSPS) is 17.4. The number of nitrogens with one attached hydrogen (secondary N) is 1. The molecule has 2 aromatic heterocycles. The van der Waals surface area contributed by atoms with Gasteiger partial charge in [-0.2, -0.15) is 4.98 Å². The molecule has 1 amide bonds. The second kappa shape index (κ2) is 7.83. The zero-order valence-corrected chi connectivity index (χ0v) is 17.8. The SMILES string of the molecule is Cc1cccc(Cn2cnc3nc(N4CCC(C(=O)NC5CC5)CC4)sc3c2=O)c1. The Balaban J connectivity index is 1.31. The summed E-state index contributed by atoms with van der Waals surface area (Å²) >= 11 is 1.41. The molecule has 1 aliphatic heterocycles. The molecule has 0 radical (unpaired) electrons. The largest absolute Gasteiger partial charge is 0.353 e. The first kappa shape index (κ1) is 19.2. The highest BCUT2D eigenvalue weighted by molar-refractivity contribution is 7.22. The maximum Gasteiger partial charge on any atom is 0.273 e. The molecule has 1 N–H and O–H groups in total. The molecule has 1 aliphatic carbocycles. The Morgan fingerprint density at radius 2 is 2.03 bits per heavy atom. The zero-order valence-electron chi connectivity index (χ0n) is 17.0. The quantitative estimate of drug-likeness (QED) is 0.683. The summed E-state index contributed by atoms with van der Waals surface area (Å²) in [6.07, 6.45) is 5.46. The molecule has 0 atom stereocenters. The van der Waals surface area contributed by atoms with Crippen molar-refractivity contribution in [3.8, 4) is 0 Å². The molecule has 0 spiro atoms. The van der Waals surface area contributed by atoms with E-state index in [2.05, 4.69) is 26.3 Å². The third-order valence-electron chi connectivity index (χ3n) is 5.87. The standard InChI is InChI=1S/C22H25N5O2S/c1-14-3-2-4-15(11-14)12-27-13-23-19-18(21(27)29)30-22(25-19)26-9-7-16(8-10-26)20(28)24-17-5-6-17/h2-4,11,13,16-17H,5-10,12H2,1H3,(H,24,28). The van der Waals surface area contributed by atoms with Gasteiger partial charge in [-0.3, -0.25) is 14.2 Å². The first-order chi connectivity index (χ1) is 14.6. The number of rotatable bonds is 5. The van der Waals surface area contributed by atoms with E-state index in [1.54, 1.807) is 10.9 Å². The molecule has 30 heavy (non-hydrogen) atoms. The molecule has 3 heterocycles. The molecule has 8 heteroatoms. The molecule has 1 saturated heterocycles. The van der Waals surface area contributed by atoms with Crippen LogP contribution in [0, 0.1) is 12.8 Å². The number of carbonyl (C=O) groups excluding carboxylic acids is 1. The van der Waals surface area contributed by atoms with Crippen molar-refractivity contribution in [3.63, 3.8) is 0 Å². The predicted octanol–water partition coefficient (Wildman–Crippen LogP) is 2.70. The number of anilines is 1. The van der Waals surface area contributed by atoms with Gasteiger partial charge in [0, 0.05) is 25.0 Å². The van der Waals surface area contributed by atoms with Crippen molar-refractivity contribution >= 4 is 32.7 Å². The molecule has 3 aromatic rings. The van der Waals surface area contributed by atoms with Crippen molar-refractivity contribution in [2.75, 3.05) is 18.0 Å². The predicted molar refractivity (Wildman–Crippen MR) is 118 cm³/mol. The average molecular weight is 424 g/mol. The van der Waals surface area contributed by atoms with E-state index < -0.39 is 0 Å². The summed E-state index contributed by atoms with van der Waals surface area (Å²) in [6, 6.07) is 8.56. The first-order valence-electron chi connectivity index (χ1n) is 10.5. The van der Waals surface area contributed by atoms with Gasteiger partial charge in [0.2, 0.25) is 5.91 Å². The van der Waals surface area contributed by atoms with Crippen molar-refractivity contribution in [3.05, 3.63) is 52.1 Å². The summed E-state index contributed by atoms with van der Waals surface area (Å²) in [6.45, 7) is 4.10. The van der Waals surface area contributed by atoms with E-state index in [4.69, 9.17) is 0 Å². The lowest BCUT2D eigenvalue weighted by molar-refractivity contribution is -0.125. The second-order valence-corrected chi connectivity index (χ2v) is 9.34. The van der Waals surface area contributed by atoms with Crippen molar-refractivity contribution < 1.29 is 4.79 Å². The number of nitrogens with zero attached hydrogens (tertiary/aromatic N) is 4. The molecule has 2 aliphatic rings. The highest BCUT2D eigenvalue weighted by Crippen LogP contribution is 2.30. The smallest absolute Gasteiger partial charge is 0.273 e. The highest BCUT2D eigenvalue weighted by atomic mass is 32.1. The molecule has 0 bridgehead atoms. The first-order valence-corrected chi connectivity index (χ1v) is 11.4. The average Bonchev–Trinajstić information content (AvgIpc) is 3.45. The maximum absolute atomic E-state index is 13.0. The summed E-state index contributed by atoms with van der Waals surface area (Å²) in [5.41, 5.74) is 2.71. The van der Waals surface area contributed by atoms with E-state index in [0.717, 1.165) is 49.5 Å². The Bertz CT molecular complexity index is 1140. The van der Waals surface area contributed by atoms with E-state index >= 15 is 0 Å². The maximum atomic E-state index is 13.0. The van der Waals surface area contributed by atoms with E-state index in [0.29, 0.717) is 22.9 Å². The molecule has 1 saturated carbocycles. The van der Waals surface area contributed by atoms with Crippen LogP contribution in [0.15, 0.2) is 35.4 Å². The molecule has 2 fully saturated rings. The molecule has 1 aromatic carbocycles. The fourth-order valence-corrected chi connectivity index (χ4v) is 4.99. The minimum Gasteiger partial charge on any atom is -0.353 e. The number of carbonyl (C=O) groups is 1. The lowest BCUT2D eigenvalue weighted by atomic mass is 9.96. The summed E-state index contributed by atoms with van der Waals surface area (Å²) in [5, 5.41) is 3.94. The van der Waals surface area contributed by atoms with Crippen LogP contribution in [0.3, 0.4) is 0 Å². The number of hydrogen-bond donors (Lipinski definition) is 1. The van der Waals surface area contributed by atoms with E-state index in [9.17, 15) is 9.59 Å². The molecular weight excluding hydrogens is 398 g/mol. The second-order valence-electron chi connectivity index (χ2n) is 8.36. The van der Waals surface area contributed by atoms with Gasteiger partial charge in [0.25, 0.3) is 5.56 Å². The van der Waals surface area contributed by atoms with Crippen LogP contribution in [0.5, 0.6) is 0 Å². The Labute approximate surface area is 178 Å². The van der Waals surface area contributed by atoms with Gasteiger partial charge in [0.05, 0.1) is 6.54 Å². The van der Waals surface area contributed by atoms with Crippen LogP contribution >= 0.6 is 11.3 Å². The number of piperidine rings is 1. The minimum atomic E-state index is -0.0519. The monoisotopic (exact) mass is 423 g/mol. The molecule has 0 unspecified atom stereocenters. The lowest BCUT2D eigenvalue weighted by Crippen LogP contribution is -2.41. The van der Waals surface area contributed by atoms with Gasteiger partial charge in [-0.15, -0.1) is 0 Å². The van der Waals surface area contributed by atoms with E-state index in [1.165, 1.54) is 16.9 Å². The van der Waals surface area contributed by atoms with Gasteiger partial charge in [-0.1, -0.05) is 41.2 Å². The molecular formula is C22H25N5O2S. The highest BCUT2D eigenvalue weighted by Gasteiger charge is 2.30. The molecule has 5 rings (SSSR count). The van der Waals surface area contributed by atoms with Crippen LogP contribution in [-0.2, 0) is 11.3 Å². The third-order valence-corrected chi connectivity index (χ3v) is 6.96. The molecule has 7 nitrogen and oxygen atoms in total. The lowest BCUT2D eigenvalue weighted by Gasteiger charge is -2.30. The fourth-order valence-electron chi connectivity index (χ4n) is 3.97. The Hall–Kier alpha value is -2.74. The Kier molecular flexibility index (Phi) is 5.02. The van der Waals surface area contributed by atoms with Crippen LogP contribution in [0.4, 0.5) is 5.13 Å². The van der Waals surface area contributed by atoms with Crippen molar-refractivity contribution in [1.29, 1.82) is 0 Å². The number of fused-ring (bicyclic) bond motifs is 1. The summed E-state index contributed by atoms with van der Waals surface area (Å²) < 4.78 is 2.24. The number of amides is 1. The van der Waals surface area contributed by atoms with Crippen molar-refractivity contribution in [2.24, 2.45) is 5.92 Å². The number of thiazole rings is 1. The molecule has 156 valence electrons. The Morgan fingerprint density at radius 1 is 1.23 bits per heavy atom. The number of benzene rings is 1. The van der Waals surface area contributed by atoms with Crippen LogP contribution in [0.2, 0.25) is 0 Å². The van der Waals surface area contributed by atoms with Crippen molar-refractivity contribution in [1.82, 2.24) is 19.9 Å². The van der Waals surface area contributed by atoms with Gasteiger partial charge in [-0.05, 0) is 38.2 Å². The number of hydrogen-bond acceptors (Lipinski definition) is 6. The van der Waals surface area contributed by atoms with Gasteiger partial charge < -0.3 is 10.2 Å². The summed E-state index contributed by atoms with van der Waals surface area (Å²) in [7, 11) is 0. The van der Waals surface area contributed by atoms with Gasteiger partial charge in [-0.25, -0.2) is 4.98 Å². The van der Waals surface area contributed by atoms with Crippen LogP contribution in [-0.4, -0.2) is 39.6 Å². The Morgan fingerprint density at radius 3 is 2.77 bits per heavy atom. The summed E-state index contributed by atoms with van der Waals surface area (Å²) in [5.74, 6) is 0.281. The minimum absolute atomic E-state index is 0.0519. The summed E-state index contributed by atoms with van der Waals surface area (Å²) in [4.78, 5) is 36.5. The zero-order chi connectivity index (χ0) is 20.7. The van der Waals surface area contributed by atoms with Gasteiger partial charge in [0.1, 0.15) is 11.0 Å². The number of aromatic nitrogens is 3. The number of aryl methyl sites for hydroxylation is 1.